The summed E-state index contributed by atoms with van der Waals surface area (Å²) in [6, 6.07) is 10.1. The molecule has 0 radical (unpaired) electrons. The fourth-order valence-electron chi connectivity index (χ4n) is 3.81. The van der Waals surface area contributed by atoms with Gasteiger partial charge in [-0.05, 0) is 106 Å². The van der Waals surface area contributed by atoms with E-state index in [1.807, 2.05) is 13.8 Å². The molecule has 3 rings (SSSR count). The predicted octanol–water partition coefficient (Wildman–Crippen LogP) is 6.83. The topological polar surface area (TPSA) is 35.5 Å². The highest BCUT2D eigenvalue weighted by atomic mass is 32.2. The molecule has 1 saturated heterocycles. The van der Waals surface area contributed by atoms with Crippen LogP contribution in [0.5, 0.6) is 5.75 Å². The van der Waals surface area contributed by atoms with E-state index >= 15 is 0 Å². The summed E-state index contributed by atoms with van der Waals surface area (Å²) in [7, 11) is 0.299. The molecule has 0 aromatic heterocycles. The van der Waals surface area contributed by atoms with Gasteiger partial charge in [-0.1, -0.05) is 11.8 Å². The van der Waals surface area contributed by atoms with E-state index < -0.39 is 17.1 Å². The third kappa shape index (κ3) is 8.73. The maximum Gasteiger partial charge on any atom is 0.446 e. The summed E-state index contributed by atoms with van der Waals surface area (Å²) in [4.78, 5) is 13.9. The molecule has 0 N–H and O–H groups in total. The van der Waals surface area contributed by atoms with Gasteiger partial charge >= 0.3 is 11.5 Å². The van der Waals surface area contributed by atoms with Crippen molar-refractivity contribution in [1.29, 1.82) is 0 Å². The zero-order valence-electron chi connectivity index (χ0n) is 20.4. The van der Waals surface area contributed by atoms with Crippen LogP contribution >= 0.6 is 11.8 Å². The lowest BCUT2D eigenvalue weighted by atomic mass is 10.1. The number of hydrogen-bond donors (Lipinski definition) is 0. The van der Waals surface area contributed by atoms with Crippen molar-refractivity contribution in [2.75, 3.05) is 18.1 Å². The fourth-order valence-corrected chi connectivity index (χ4v) is 6.81. The molecular formula is C27H30F3O3S2+. The molecule has 1 heterocycles. The number of alkyl halides is 3. The molecule has 0 amide bonds. The van der Waals surface area contributed by atoms with E-state index in [2.05, 4.69) is 24.0 Å². The third-order valence-electron chi connectivity index (χ3n) is 5.35. The van der Waals surface area contributed by atoms with Gasteiger partial charge in [-0.15, -0.1) is 0 Å². The molecule has 0 spiro atoms. The third-order valence-corrected chi connectivity index (χ3v) is 8.55. The minimum absolute atomic E-state index is 0.0868. The number of halogens is 3. The summed E-state index contributed by atoms with van der Waals surface area (Å²) >= 11 is -0.176. The van der Waals surface area contributed by atoms with Crippen molar-refractivity contribution in [3.05, 3.63) is 53.1 Å². The predicted molar refractivity (Wildman–Crippen MR) is 136 cm³/mol. The minimum Gasteiger partial charge on any atom is -0.481 e. The first kappa shape index (κ1) is 27.3. The first-order valence-electron chi connectivity index (χ1n) is 11.4. The monoisotopic (exact) mass is 523 g/mol. The van der Waals surface area contributed by atoms with E-state index in [1.54, 1.807) is 13.8 Å². The van der Waals surface area contributed by atoms with Crippen LogP contribution in [0, 0.1) is 25.7 Å². The number of benzene rings is 2. The smallest absolute Gasteiger partial charge is 0.446 e. The largest absolute Gasteiger partial charge is 0.481 e. The van der Waals surface area contributed by atoms with Gasteiger partial charge in [0.15, 0.2) is 17.1 Å². The molecule has 0 unspecified atom stereocenters. The average Bonchev–Trinajstić information content (AvgIpc) is 2.77. The van der Waals surface area contributed by atoms with Crippen molar-refractivity contribution in [2.24, 2.45) is 0 Å². The van der Waals surface area contributed by atoms with Crippen LogP contribution in [0.1, 0.15) is 49.8 Å². The second-order valence-electron chi connectivity index (χ2n) is 8.94. The van der Waals surface area contributed by atoms with Crippen LogP contribution < -0.4 is 4.74 Å². The number of rotatable bonds is 6. The number of aryl methyl sites for hydroxylation is 2. The summed E-state index contributed by atoms with van der Waals surface area (Å²) in [6.45, 7) is 7.07. The molecule has 8 heteroatoms. The molecule has 0 aliphatic carbocycles. The molecule has 1 aliphatic heterocycles. The highest BCUT2D eigenvalue weighted by molar-refractivity contribution is 8.00. The van der Waals surface area contributed by atoms with Gasteiger partial charge in [0.1, 0.15) is 17.3 Å². The van der Waals surface area contributed by atoms with E-state index in [0.717, 1.165) is 11.1 Å². The Morgan fingerprint density at radius 1 is 1.03 bits per heavy atom. The first-order valence-corrected chi connectivity index (χ1v) is 13.8. The van der Waals surface area contributed by atoms with Gasteiger partial charge in [-0.25, -0.2) is 4.79 Å². The van der Waals surface area contributed by atoms with E-state index in [-0.39, 0.29) is 23.3 Å². The molecule has 3 nitrogen and oxygen atoms in total. The number of thioether (sulfide) groups is 1. The van der Waals surface area contributed by atoms with Gasteiger partial charge in [-0.2, -0.15) is 13.2 Å². The minimum atomic E-state index is -4.33. The molecule has 2 aromatic rings. The Hall–Kier alpha value is -2.24. The molecular weight excluding hydrogens is 493 g/mol. The standard InChI is InChI=1S/C27H30F3O3S2/c1-19-16-23(35-14-6-5-7-15-35)17-20(2)25(19)32-18-24(31)33-26(3,4)13-12-21-8-10-22(11-9-21)34-27(28,29)30/h8-11,16-17H,5-7,14-15,18H2,1-4H3/q+1. The van der Waals surface area contributed by atoms with Crippen LogP contribution in [-0.2, 0) is 20.4 Å². The lowest BCUT2D eigenvalue weighted by molar-refractivity contribution is -0.154. The van der Waals surface area contributed by atoms with E-state index in [0.29, 0.717) is 22.2 Å². The fraction of sp³-hybridized carbons (Fsp3) is 0.444. The maximum atomic E-state index is 12.5. The Morgan fingerprint density at radius 2 is 1.63 bits per heavy atom. The Morgan fingerprint density at radius 3 is 2.20 bits per heavy atom. The van der Waals surface area contributed by atoms with Crippen molar-refractivity contribution in [3.8, 4) is 17.6 Å². The van der Waals surface area contributed by atoms with E-state index in [9.17, 15) is 18.0 Å². The van der Waals surface area contributed by atoms with Gasteiger partial charge in [0.25, 0.3) is 0 Å². The van der Waals surface area contributed by atoms with E-state index in [1.165, 1.54) is 59.9 Å². The summed E-state index contributed by atoms with van der Waals surface area (Å²) in [5, 5.41) is 0. The van der Waals surface area contributed by atoms with Gasteiger partial charge in [-0.3, -0.25) is 0 Å². The normalized spacial score (nSPS) is 14.7. The Balaban J connectivity index is 1.56. The molecule has 0 atom stereocenters. The van der Waals surface area contributed by atoms with Crippen molar-refractivity contribution in [1.82, 2.24) is 0 Å². The van der Waals surface area contributed by atoms with Crippen LogP contribution in [-0.4, -0.2) is 35.2 Å². The number of carbonyl (C=O) groups is 1. The SMILES string of the molecule is Cc1cc([S+]2CCCCC2)cc(C)c1OCC(=O)OC(C)(C)C#Cc1ccc(SC(F)(F)F)cc1. The molecule has 0 saturated carbocycles. The zero-order chi connectivity index (χ0) is 25.6. The summed E-state index contributed by atoms with van der Waals surface area (Å²) in [5.41, 5.74) is -2.87. The lowest BCUT2D eigenvalue weighted by Gasteiger charge is -2.20. The molecule has 0 bridgehead atoms. The average molecular weight is 524 g/mol. The molecule has 1 aliphatic rings. The summed E-state index contributed by atoms with van der Waals surface area (Å²) in [5.74, 6) is 8.37. The number of carbonyl (C=O) groups excluding carboxylic acids is 1. The summed E-state index contributed by atoms with van der Waals surface area (Å²) < 4.78 is 48.7. The van der Waals surface area contributed by atoms with Gasteiger partial charge in [0, 0.05) is 21.4 Å². The van der Waals surface area contributed by atoms with Crippen molar-refractivity contribution < 1.29 is 27.4 Å². The van der Waals surface area contributed by atoms with Crippen LogP contribution in [0.2, 0.25) is 0 Å². The van der Waals surface area contributed by atoms with Crippen molar-refractivity contribution >= 4 is 28.6 Å². The highest BCUT2D eigenvalue weighted by Crippen LogP contribution is 2.36. The second-order valence-corrected chi connectivity index (χ2v) is 12.4. The molecule has 188 valence electrons. The van der Waals surface area contributed by atoms with E-state index in [4.69, 9.17) is 9.47 Å². The Labute approximate surface area is 212 Å². The van der Waals surface area contributed by atoms with Gasteiger partial charge < -0.3 is 9.47 Å². The number of esters is 1. The zero-order valence-corrected chi connectivity index (χ0v) is 22.0. The molecule has 35 heavy (non-hydrogen) atoms. The molecule has 2 aromatic carbocycles. The molecule has 1 fully saturated rings. The number of ether oxygens (including phenoxy) is 2. The Kier molecular flexibility index (Phi) is 9.11. The van der Waals surface area contributed by atoms with Crippen molar-refractivity contribution in [2.45, 2.75) is 67.9 Å². The van der Waals surface area contributed by atoms with Crippen LogP contribution in [0.25, 0.3) is 0 Å². The maximum absolute atomic E-state index is 12.5. The van der Waals surface area contributed by atoms with Gasteiger partial charge in [0.05, 0.1) is 0 Å². The highest BCUT2D eigenvalue weighted by Gasteiger charge is 2.29. The lowest BCUT2D eigenvalue weighted by Crippen LogP contribution is -2.29. The Bertz CT molecular complexity index is 1070. The quantitative estimate of drug-likeness (QED) is 0.180. The van der Waals surface area contributed by atoms with Crippen LogP contribution in [0.15, 0.2) is 46.2 Å². The summed E-state index contributed by atoms with van der Waals surface area (Å²) in [6.07, 6.45) is 3.89. The van der Waals surface area contributed by atoms with Gasteiger partial charge in [0.2, 0.25) is 0 Å². The van der Waals surface area contributed by atoms with Crippen LogP contribution in [0.3, 0.4) is 0 Å². The van der Waals surface area contributed by atoms with Crippen LogP contribution in [0.4, 0.5) is 13.2 Å². The first-order chi connectivity index (χ1) is 16.4. The second kappa shape index (κ2) is 11.7. The van der Waals surface area contributed by atoms with Crippen molar-refractivity contribution in [3.63, 3.8) is 0 Å². The number of hydrogen-bond acceptors (Lipinski definition) is 4.